The van der Waals surface area contributed by atoms with Crippen molar-refractivity contribution in [2.45, 2.75) is 12.6 Å². The summed E-state index contributed by atoms with van der Waals surface area (Å²) in [6.07, 6.45) is 0. The highest BCUT2D eigenvalue weighted by Crippen LogP contribution is 2.37. The first-order chi connectivity index (χ1) is 8.15. The van der Waals surface area contributed by atoms with E-state index in [0.29, 0.717) is 29.2 Å². The summed E-state index contributed by atoms with van der Waals surface area (Å²) in [6, 6.07) is 2.15. The quantitative estimate of drug-likeness (QED) is 0.804. The van der Waals surface area contributed by atoms with Gasteiger partial charge in [0.1, 0.15) is 17.5 Å². The molecule has 0 fully saturated rings. The van der Waals surface area contributed by atoms with Crippen molar-refractivity contribution in [1.29, 1.82) is 0 Å². The van der Waals surface area contributed by atoms with Crippen molar-refractivity contribution < 1.29 is 24.1 Å². The number of hydrogen-bond donors (Lipinski definition) is 2. The van der Waals surface area contributed by atoms with Gasteiger partial charge in [0.2, 0.25) is 0 Å². The number of ether oxygens (including phenoxy) is 3. The molecule has 2 rings (SSSR count). The van der Waals surface area contributed by atoms with E-state index < -0.39 is 12.0 Å². The summed E-state index contributed by atoms with van der Waals surface area (Å²) in [6.45, 7) is 0.499. The number of benzene rings is 1. The molecule has 1 aromatic rings. The smallest absolute Gasteiger partial charge is 0.325 e. The Morgan fingerprint density at radius 1 is 1.59 bits per heavy atom. The number of rotatable bonds is 3. The van der Waals surface area contributed by atoms with Crippen LogP contribution in [0.4, 0.5) is 0 Å². The minimum Gasteiger partial charge on any atom is -0.496 e. The molecule has 1 unspecified atom stereocenters. The van der Waals surface area contributed by atoms with Crippen LogP contribution in [-0.4, -0.2) is 25.0 Å². The highest BCUT2D eigenvalue weighted by Gasteiger charge is 2.25. The first-order valence-electron chi connectivity index (χ1n) is 5.04. The molecule has 6 nitrogen and oxygen atoms in total. The molecule has 0 saturated carbocycles. The molecule has 1 atom stereocenters. The van der Waals surface area contributed by atoms with E-state index in [2.05, 4.69) is 0 Å². The number of carbonyl (C=O) groups is 1. The SMILES string of the molecule is COc1c(C(N)C(=O)O)ccc2c1COCO2. The van der Waals surface area contributed by atoms with Crippen LogP contribution in [0.25, 0.3) is 0 Å². The third-order valence-electron chi connectivity index (χ3n) is 2.60. The van der Waals surface area contributed by atoms with Gasteiger partial charge in [-0.1, -0.05) is 0 Å². The number of fused-ring (bicyclic) bond motifs is 1. The maximum absolute atomic E-state index is 10.9. The molecule has 1 aliphatic heterocycles. The van der Waals surface area contributed by atoms with E-state index in [1.807, 2.05) is 0 Å². The fraction of sp³-hybridized carbons (Fsp3) is 0.364. The highest BCUT2D eigenvalue weighted by atomic mass is 16.7. The highest BCUT2D eigenvalue weighted by molar-refractivity contribution is 5.77. The van der Waals surface area contributed by atoms with Gasteiger partial charge in [-0.25, -0.2) is 0 Å². The van der Waals surface area contributed by atoms with Gasteiger partial charge in [0.25, 0.3) is 0 Å². The summed E-state index contributed by atoms with van der Waals surface area (Å²) in [5, 5.41) is 8.92. The van der Waals surface area contributed by atoms with Crippen LogP contribution in [0.1, 0.15) is 17.2 Å². The Morgan fingerprint density at radius 3 is 3.00 bits per heavy atom. The summed E-state index contributed by atoms with van der Waals surface area (Å²) >= 11 is 0. The number of aliphatic carboxylic acids is 1. The summed E-state index contributed by atoms with van der Waals surface area (Å²) in [5.74, 6) is -0.0626. The molecule has 92 valence electrons. The predicted octanol–water partition coefficient (Wildman–Crippen LogP) is 0.646. The minimum absolute atomic E-state index is 0.181. The van der Waals surface area contributed by atoms with Gasteiger partial charge >= 0.3 is 5.97 Å². The fourth-order valence-corrected chi connectivity index (χ4v) is 1.77. The maximum Gasteiger partial charge on any atom is 0.325 e. The molecule has 1 aliphatic rings. The zero-order chi connectivity index (χ0) is 12.4. The van der Waals surface area contributed by atoms with Crippen LogP contribution >= 0.6 is 0 Å². The molecule has 0 spiro atoms. The second-order valence-electron chi connectivity index (χ2n) is 3.59. The summed E-state index contributed by atoms with van der Waals surface area (Å²) in [4.78, 5) is 10.9. The van der Waals surface area contributed by atoms with Crippen LogP contribution < -0.4 is 15.2 Å². The second kappa shape index (κ2) is 4.60. The van der Waals surface area contributed by atoms with E-state index in [-0.39, 0.29) is 6.79 Å². The van der Waals surface area contributed by atoms with Crippen molar-refractivity contribution in [2.75, 3.05) is 13.9 Å². The first kappa shape index (κ1) is 11.7. The average molecular weight is 239 g/mol. The summed E-state index contributed by atoms with van der Waals surface area (Å²) in [7, 11) is 1.46. The molecule has 17 heavy (non-hydrogen) atoms. The number of carboxylic acids is 1. The predicted molar refractivity (Wildman–Crippen MR) is 57.8 cm³/mol. The van der Waals surface area contributed by atoms with E-state index in [1.54, 1.807) is 12.1 Å². The topological polar surface area (TPSA) is 91.0 Å². The number of nitrogens with two attached hydrogens (primary N) is 1. The number of carboxylic acid groups (broad SMARTS) is 1. The van der Waals surface area contributed by atoms with Gasteiger partial charge in [-0.05, 0) is 12.1 Å². The van der Waals surface area contributed by atoms with E-state index in [9.17, 15) is 4.79 Å². The van der Waals surface area contributed by atoms with Gasteiger partial charge in [0.15, 0.2) is 6.79 Å². The molecule has 0 amide bonds. The first-order valence-corrected chi connectivity index (χ1v) is 5.04. The van der Waals surface area contributed by atoms with E-state index >= 15 is 0 Å². The number of hydrogen-bond acceptors (Lipinski definition) is 5. The van der Waals surface area contributed by atoms with E-state index in [4.69, 9.17) is 25.1 Å². The van der Waals surface area contributed by atoms with E-state index in [1.165, 1.54) is 7.11 Å². The van der Waals surface area contributed by atoms with Crippen LogP contribution in [-0.2, 0) is 16.1 Å². The van der Waals surface area contributed by atoms with Crippen LogP contribution in [0.2, 0.25) is 0 Å². The van der Waals surface area contributed by atoms with Gasteiger partial charge in [0, 0.05) is 5.56 Å². The standard InChI is InChI=1S/C11H13NO5/c1-15-10-6(9(12)11(13)14)2-3-8-7(10)4-16-5-17-8/h2-3,9H,4-5,12H2,1H3,(H,13,14). The lowest BCUT2D eigenvalue weighted by Crippen LogP contribution is -2.22. The molecule has 1 aromatic carbocycles. The van der Waals surface area contributed by atoms with Gasteiger partial charge in [-0.15, -0.1) is 0 Å². The average Bonchev–Trinajstić information content (AvgIpc) is 2.36. The maximum atomic E-state index is 10.9. The van der Waals surface area contributed by atoms with Crippen molar-refractivity contribution in [3.8, 4) is 11.5 Å². The Hall–Kier alpha value is -1.79. The van der Waals surface area contributed by atoms with Crippen LogP contribution in [0.3, 0.4) is 0 Å². The van der Waals surface area contributed by atoms with Gasteiger partial charge in [-0.2, -0.15) is 0 Å². The van der Waals surface area contributed by atoms with Gasteiger partial charge in [0.05, 0.1) is 19.3 Å². The third-order valence-corrected chi connectivity index (χ3v) is 2.60. The Kier molecular flexibility index (Phi) is 3.16. The monoisotopic (exact) mass is 239 g/mol. The van der Waals surface area contributed by atoms with Gasteiger partial charge < -0.3 is 25.1 Å². The number of methoxy groups -OCH3 is 1. The minimum atomic E-state index is -1.13. The lowest BCUT2D eigenvalue weighted by Gasteiger charge is -2.22. The Morgan fingerprint density at radius 2 is 2.35 bits per heavy atom. The van der Waals surface area contributed by atoms with Crippen molar-refractivity contribution in [1.82, 2.24) is 0 Å². The largest absolute Gasteiger partial charge is 0.496 e. The lowest BCUT2D eigenvalue weighted by molar-refractivity contribution is -0.138. The van der Waals surface area contributed by atoms with Crippen LogP contribution in [0.15, 0.2) is 12.1 Å². The van der Waals surface area contributed by atoms with Crippen LogP contribution in [0.5, 0.6) is 11.5 Å². The Balaban J connectivity index is 2.50. The molecule has 1 heterocycles. The molecular weight excluding hydrogens is 226 g/mol. The zero-order valence-corrected chi connectivity index (χ0v) is 9.30. The summed E-state index contributed by atoms with van der Waals surface area (Å²) in [5.41, 5.74) is 6.68. The Bertz CT molecular complexity index is 446. The third kappa shape index (κ3) is 2.04. The molecule has 3 N–H and O–H groups in total. The van der Waals surface area contributed by atoms with Crippen molar-refractivity contribution in [3.05, 3.63) is 23.3 Å². The van der Waals surface area contributed by atoms with Crippen molar-refractivity contribution in [2.24, 2.45) is 5.73 Å². The van der Waals surface area contributed by atoms with Gasteiger partial charge in [-0.3, -0.25) is 4.79 Å². The molecular formula is C11H13NO5. The summed E-state index contributed by atoms with van der Waals surface area (Å²) < 4.78 is 15.6. The normalized spacial score (nSPS) is 15.6. The second-order valence-corrected chi connectivity index (χ2v) is 3.59. The van der Waals surface area contributed by atoms with Crippen molar-refractivity contribution in [3.63, 3.8) is 0 Å². The molecule has 0 bridgehead atoms. The Labute approximate surface area is 97.9 Å². The molecule has 0 saturated heterocycles. The van der Waals surface area contributed by atoms with Crippen molar-refractivity contribution >= 4 is 5.97 Å². The molecule has 0 radical (unpaired) electrons. The lowest BCUT2D eigenvalue weighted by atomic mass is 10.0. The molecule has 0 aliphatic carbocycles. The molecule has 6 heteroatoms. The zero-order valence-electron chi connectivity index (χ0n) is 9.30. The fourth-order valence-electron chi connectivity index (χ4n) is 1.77. The van der Waals surface area contributed by atoms with Crippen LogP contribution in [0, 0.1) is 0 Å². The molecule has 0 aromatic heterocycles. The van der Waals surface area contributed by atoms with E-state index in [0.717, 1.165) is 0 Å².